The molecule has 3 rings (SSSR count). The van der Waals surface area contributed by atoms with Crippen molar-refractivity contribution in [3.05, 3.63) is 77.4 Å². The Morgan fingerprint density at radius 2 is 1.87 bits per heavy atom. The zero-order valence-electron chi connectivity index (χ0n) is 13.9. The predicted octanol–water partition coefficient (Wildman–Crippen LogP) is 5.42. The van der Waals surface area contributed by atoms with Crippen molar-refractivity contribution in [1.82, 2.24) is 0 Å². The topological polar surface area (TPSA) is 3.24 Å². The molecule has 1 atom stereocenters. The molecule has 1 unspecified atom stereocenters. The van der Waals surface area contributed by atoms with Crippen LogP contribution in [0.25, 0.3) is 6.08 Å². The number of hydrogen-bond donors (Lipinski definition) is 0. The Labute approximate surface area is 139 Å². The normalized spacial score (nSPS) is 15.6. The first kappa shape index (κ1) is 15.2. The predicted molar refractivity (Wildman–Crippen MR) is 99.9 cm³/mol. The summed E-state index contributed by atoms with van der Waals surface area (Å²) in [6.45, 7) is 10.1. The first-order valence-electron chi connectivity index (χ1n) is 7.87. The Morgan fingerprint density at radius 1 is 1.09 bits per heavy atom. The van der Waals surface area contributed by atoms with E-state index in [1.54, 1.807) is 0 Å². The molecule has 0 saturated carbocycles. The van der Waals surface area contributed by atoms with E-state index in [4.69, 9.17) is 0 Å². The summed E-state index contributed by atoms with van der Waals surface area (Å²) in [5, 5.41) is 0. The highest BCUT2D eigenvalue weighted by Crippen LogP contribution is 2.36. The average Bonchev–Trinajstić information content (AvgIpc) is 2.55. The minimum Gasteiger partial charge on any atom is -0.323 e. The first-order chi connectivity index (χ1) is 11.1. The number of fused-ring (bicyclic) bond motifs is 1. The SMILES string of the molecule is C=C(C)C#CC1C=Cc2ccccc2N1c1ccc(C)c(C)c1. The molecule has 0 bridgehead atoms. The lowest BCUT2D eigenvalue weighted by Crippen LogP contribution is -2.30. The van der Waals surface area contributed by atoms with Gasteiger partial charge in [0.2, 0.25) is 0 Å². The van der Waals surface area contributed by atoms with E-state index in [9.17, 15) is 0 Å². The van der Waals surface area contributed by atoms with Crippen LogP contribution in [0.3, 0.4) is 0 Å². The molecule has 1 heterocycles. The summed E-state index contributed by atoms with van der Waals surface area (Å²) in [7, 11) is 0. The maximum atomic E-state index is 3.89. The summed E-state index contributed by atoms with van der Waals surface area (Å²) in [5.74, 6) is 6.47. The fraction of sp³-hybridized carbons (Fsp3) is 0.182. The number of anilines is 2. The van der Waals surface area contributed by atoms with Gasteiger partial charge in [-0.2, -0.15) is 0 Å². The highest BCUT2D eigenvalue weighted by molar-refractivity contribution is 5.80. The number of aryl methyl sites for hydroxylation is 2. The van der Waals surface area contributed by atoms with Crippen molar-refractivity contribution in [2.24, 2.45) is 0 Å². The van der Waals surface area contributed by atoms with Gasteiger partial charge in [-0.25, -0.2) is 0 Å². The van der Waals surface area contributed by atoms with Crippen LogP contribution in [-0.4, -0.2) is 6.04 Å². The van der Waals surface area contributed by atoms with E-state index in [-0.39, 0.29) is 6.04 Å². The summed E-state index contributed by atoms with van der Waals surface area (Å²) in [4.78, 5) is 2.30. The van der Waals surface area contributed by atoms with Crippen LogP contribution in [0.2, 0.25) is 0 Å². The van der Waals surface area contributed by atoms with Crippen molar-refractivity contribution in [2.45, 2.75) is 26.8 Å². The van der Waals surface area contributed by atoms with Gasteiger partial charge in [0.1, 0.15) is 6.04 Å². The Morgan fingerprint density at radius 3 is 2.61 bits per heavy atom. The summed E-state index contributed by atoms with van der Waals surface area (Å²) in [5.41, 5.74) is 7.07. The Bertz CT molecular complexity index is 846. The van der Waals surface area contributed by atoms with Crippen molar-refractivity contribution < 1.29 is 0 Å². The molecule has 1 aliphatic heterocycles. The standard InChI is InChI=1S/C22H21N/c1-16(2)9-12-20-14-11-19-7-5-6-8-22(19)23(20)21-13-10-17(3)18(4)15-21/h5-8,10-11,13-15,20H,1H2,2-4H3. The van der Waals surface area contributed by atoms with Crippen LogP contribution >= 0.6 is 0 Å². The number of para-hydroxylation sites is 1. The van der Waals surface area contributed by atoms with E-state index >= 15 is 0 Å². The molecule has 0 amide bonds. The third-order valence-corrected chi connectivity index (χ3v) is 4.13. The molecule has 0 spiro atoms. The molecule has 1 nitrogen and oxygen atoms in total. The van der Waals surface area contributed by atoms with Crippen molar-refractivity contribution in [3.63, 3.8) is 0 Å². The minimum atomic E-state index is 0.0173. The largest absolute Gasteiger partial charge is 0.323 e. The Kier molecular flexibility index (Phi) is 4.08. The second-order valence-electron chi connectivity index (χ2n) is 6.05. The summed E-state index contributed by atoms with van der Waals surface area (Å²) in [6.07, 6.45) is 4.32. The van der Waals surface area contributed by atoms with Crippen LogP contribution in [0.1, 0.15) is 23.6 Å². The van der Waals surface area contributed by atoms with E-state index in [1.807, 2.05) is 6.92 Å². The van der Waals surface area contributed by atoms with Gasteiger partial charge < -0.3 is 4.90 Å². The average molecular weight is 299 g/mol. The lowest BCUT2D eigenvalue weighted by Gasteiger charge is -2.33. The van der Waals surface area contributed by atoms with Crippen LogP contribution in [0.15, 0.2) is 60.7 Å². The van der Waals surface area contributed by atoms with E-state index in [1.165, 1.54) is 28.1 Å². The maximum absolute atomic E-state index is 3.89. The van der Waals surface area contributed by atoms with Crippen molar-refractivity contribution in [2.75, 3.05) is 4.90 Å². The molecule has 0 radical (unpaired) electrons. The van der Waals surface area contributed by atoms with Crippen LogP contribution in [-0.2, 0) is 0 Å². The highest BCUT2D eigenvalue weighted by Gasteiger charge is 2.22. The van der Waals surface area contributed by atoms with Gasteiger partial charge in [-0.05, 0) is 67.3 Å². The molecule has 114 valence electrons. The van der Waals surface area contributed by atoms with Crippen molar-refractivity contribution >= 4 is 17.5 Å². The lowest BCUT2D eigenvalue weighted by molar-refractivity contribution is 0.958. The van der Waals surface area contributed by atoms with Gasteiger partial charge in [-0.1, -0.05) is 48.8 Å². The quantitative estimate of drug-likeness (QED) is 0.636. The molecule has 23 heavy (non-hydrogen) atoms. The number of rotatable bonds is 1. The van der Waals surface area contributed by atoms with Crippen LogP contribution in [0.5, 0.6) is 0 Å². The van der Waals surface area contributed by atoms with E-state index < -0.39 is 0 Å². The number of nitrogens with zero attached hydrogens (tertiary/aromatic N) is 1. The molecule has 0 N–H and O–H groups in total. The molecule has 0 saturated heterocycles. The molecule has 1 aliphatic rings. The first-order valence-corrected chi connectivity index (χ1v) is 7.87. The molecule has 2 aromatic carbocycles. The zero-order valence-corrected chi connectivity index (χ0v) is 13.9. The molecule has 0 fully saturated rings. The van der Waals surface area contributed by atoms with E-state index in [0.717, 1.165) is 5.57 Å². The highest BCUT2D eigenvalue weighted by atomic mass is 15.2. The fourth-order valence-electron chi connectivity index (χ4n) is 2.76. The molecule has 0 aliphatic carbocycles. The minimum absolute atomic E-state index is 0.0173. The second-order valence-corrected chi connectivity index (χ2v) is 6.05. The van der Waals surface area contributed by atoms with Crippen LogP contribution in [0, 0.1) is 25.7 Å². The summed E-state index contributed by atoms with van der Waals surface area (Å²) in [6, 6.07) is 15.1. The van der Waals surface area contributed by atoms with Crippen LogP contribution in [0.4, 0.5) is 11.4 Å². The molecular formula is C22H21N. The lowest BCUT2D eigenvalue weighted by atomic mass is 10.0. The maximum Gasteiger partial charge on any atom is 0.114 e. The summed E-state index contributed by atoms with van der Waals surface area (Å²) < 4.78 is 0. The fourth-order valence-corrected chi connectivity index (χ4v) is 2.76. The molecule has 0 aromatic heterocycles. The monoisotopic (exact) mass is 299 g/mol. The van der Waals surface area contributed by atoms with Gasteiger partial charge in [0.15, 0.2) is 0 Å². The summed E-state index contributed by atoms with van der Waals surface area (Å²) >= 11 is 0. The Hall–Kier alpha value is -2.72. The number of benzene rings is 2. The Balaban J connectivity index is 2.14. The smallest absolute Gasteiger partial charge is 0.114 e. The van der Waals surface area contributed by atoms with E-state index in [0.29, 0.717) is 0 Å². The van der Waals surface area contributed by atoms with E-state index in [2.05, 4.69) is 91.8 Å². The molecular weight excluding hydrogens is 278 g/mol. The van der Waals surface area contributed by atoms with Gasteiger partial charge >= 0.3 is 0 Å². The van der Waals surface area contributed by atoms with Gasteiger partial charge in [0, 0.05) is 11.4 Å². The number of hydrogen-bond acceptors (Lipinski definition) is 1. The molecule has 1 heteroatoms. The van der Waals surface area contributed by atoms with Crippen LogP contribution < -0.4 is 4.90 Å². The third kappa shape index (κ3) is 3.07. The van der Waals surface area contributed by atoms with Gasteiger partial charge in [-0.3, -0.25) is 0 Å². The second kappa shape index (κ2) is 6.18. The van der Waals surface area contributed by atoms with Gasteiger partial charge in [0.25, 0.3) is 0 Å². The third-order valence-electron chi connectivity index (χ3n) is 4.13. The van der Waals surface area contributed by atoms with Crippen molar-refractivity contribution in [1.29, 1.82) is 0 Å². The van der Waals surface area contributed by atoms with Gasteiger partial charge in [0.05, 0.1) is 0 Å². The van der Waals surface area contributed by atoms with Crippen molar-refractivity contribution in [3.8, 4) is 11.8 Å². The van der Waals surface area contributed by atoms with Gasteiger partial charge in [-0.15, -0.1) is 0 Å². The zero-order chi connectivity index (χ0) is 16.4. The number of allylic oxidation sites excluding steroid dienone is 1. The molecule has 2 aromatic rings.